The number of carbonyl (C=O) groups is 1. The van der Waals surface area contributed by atoms with Crippen LogP contribution in [-0.4, -0.2) is 51.6 Å². The summed E-state index contributed by atoms with van der Waals surface area (Å²) in [4.78, 5) is 12.3. The number of aliphatic hydroxyl groups excluding tert-OH is 1. The number of aliphatic hydroxyl groups is 1. The van der Waals surface area contributed by atoms with Crippen LogP contribution in [0.15, 0.2) is 30.5 Å². The van der Waals surface area contributed by atoms with Crippen LogP contribution in [0.2, 0.25) is 0 Å². The normalized spacial score (nSPS) is 19.4. The maximum Gasteiger partial charge on any atom is 0.275 e. The molecule has 2 unspecified atom stereocenters. The van der Waals surface area contributed by atoms with Gasteiger partial charge >= 0.3 is 0 Å². The lowest BCUT2D eigenvalue weighted by Gasteiger charge is -2.13. The van der Waals surface area contributed by atoms with Crippen molar-refractivity contribution in [3.05, 3.63) is 41.7 Å². The molecule has 4 N–H and O–H groups in total. The van der Waals surface area contributed by atoms with Crippen LogP contribution in [0, 0.1) is 5.92 Å². The molecule has 0 aliphatic carbocycles. The van der Waals surface area contributed by atoms with Gasteiger partial charge in [-0.3, -0.25) is 4.79 Å². The molecule has 0 saturated carbocycles. The lowest BCUT2D eigenvalue weighted by Crippen LogP contribution is -2.34. The van der Waals surface area contributed by atoms with E-state index in [1.165, 1.54) is 16.4 Å². The number of nitrogens with one attached hydrogen (secondary N) is 2. The second-order valence-electron chi connectivity index (χ2n) is 6.75. The topological polar surface area (TPSA) is 99.4 Å². The molecule has 7 nitrogen and oxygen atoms in total. The molecule has 142 valence electrons. The molecule has 0 radical (unpaired) electrons. The molecule has 2 heterocycles. The highest BCUT2D eigenvalue weighted by molar-refractivity contribution is 5.94. The van der Waals surface area contributed by atoms with E-state index in [0.29, 0.717) is 25.6 Å². The van der Waals surface area contributed by atoms with E-state index in [-0.39, 0.29) is 29.8 Å². The highest BCUT2D eigenvalue weighted by atomic mass is 35.5. The highest BCUT2D eigenvalue weighted by Gasteiger charge is 2.26. The summed E-state index contributed by atoms with van der Waals surface area (Å²) >= 11 is 0. The Bertz CT molecular complexity index is 745. The standard InChI is InChI=1S/C18H24N4O3.ClH/c1-11(2)12-3-5-14(6-4-12)22-10-16(24)17(21-22)18(25)20-8-13-7-19-9-15(13)23;/h3-6,10-11,13,15,19,23-24H,7-9H2,1-2H3,(H,20,25);1H. The van der Waals surface area contributed by atoms with Crippen molar-refractivity contribution in [2.75, 3.05) is 19.6 Å². The number of aromatic nitrogens is 2. The van der Waals surface area contributed by atoms with Crippen LogP contribution in [0.5, 0.6) is 5.75 Å². The fourth-order valence-electron chi connectivity index (χ4n) is 2.91. The van der Waals surface area contributed by atoms with E-state index in [4.69, 9.17) is 0 Å². The molecular formula is C18H25ClN4O3. The Morgan fingerprint density at radius 3 is 2.62 bits per heavy atom. The molecular weight excluding hydrogens is 356 g/mol. The number of amides is 1. The van der Waals surface area contributed by atoms with Crippen molar-refractivity contribution in [3.8, 4) is 11.4 Å². The summed E-state index contributed by atoms with van der Waals surface area (Å²) in [5.41, 5.74) is 1.96. The molecule has 1 fully saturated rings. The Morgan fingerprint density at radius 2 is 2.04 bits per heavy atom. The average molecular weight is 381 g/mol. The van der Waals surface area contributed by atoms with E-state index in [1.54, 1.807) is 0 Å². The molecule has 2 atom stereocenters. The van der Waals surface area contributed by atoms with Crippen LogP contribution < -0.4 is 10.6 Å². The van der Waals surface area contributed by atoms with Gasteiger partial charge in [-0.2, -0.15) is 5.10 Å². The second-order valence-corrected chi connectivity index (χ2v) is 6.75. The molecule has 1 saturated heterocycles. The number of carbonyl (C=O) groups excluding carboxylic acids is 1. The summed E-state index contributed by atoms with van der Waals surface area (Å²) in [5, 5.41) is 29.8. The quantitative estimate of drug-likeness (QED) is 0.629. The number of rotatable bonds is 5. The van der Waals surface area contributed by atoms with E-state index < -0.39 is 12.0 Å². The Kier molecular flexibility index (Phi) is 6.63. The van der Waals surface area contributed by atoms with Gasteiger partial charge in [-0.05, 0) is 23.6 Å². The number of nitrogens with zero attached hydrogens (tertiary/aromatic N) is 2. The summed E-state index contributed by atoms with van der Waals surface area (Å²) in [7, 11) is 0. The van der Waals surface area contributed by atoms with Crippen molar-refractivity contribution in [1.29, 1.82) is 0 Å². The predicted molar refractivity (Wildman–Crippen MR) is 101 cm³/mol. The van der Waals surface area contributed by atoms with Gasteiger partial charge in [0.15, 0.2) is 11.4 Å². The van der Waals surface area contributed by atoms with Crippen LogP contribution >= 0.6 is 12.4 Å². The highest BCUT2D eigenvalue weighted by Crippen LogP contribution is 2.20. The number of aromatic hydroxyl groups is 1. The third kappa shape index (κ3) is 4.35. The zero-order valence-electron chi connectivity index (χ0n) is 14.8. The predicted octanol–water partition coefficient (Wildman–Crippen LogP) is 1.43. The number of β-amino-alcohol motifs (C(OH)–C–C–N with tert-alkyl or cyclic N) is 1. The Hall–Kier alpha value is -2.09. The van der Waals surface area contributed by atoms with Crippen molar-refractivity contribution >= 4 is 18.3 Å². The van der Waals surface area contributed by atoms with Gasteiger partial charge in [0.25, 0.3) is 5.91 Å². The third-order valence-corrected chi connectivity index (χ3v) is 4.56. The van der Waals surface area contributed by atoms with Gasteiger partial charge in [-0.1, -0.05) is 26.0 Å². The third-order valence-electron chi connectivity index (χ3n) is 4.56. The van der Waals surface area contributed by atoms with Crippen LogP contribution in [-0.2, 0) is 0 Å². The number of hydrogen-bond acceptors (Lipinski definition) is 5. The van der Waals surface area contributed by atoms with E-state index in [2.05, 4.69) is 29.6 Å². The van der Waals surface area contributed by atoms with Crippen molar-refractivity contribution < 1.29 is 15.0 Å². The van der Waals surface area contributed by atoms with Gasteiger partial charge in [-0.25, -0.2) is 4.68 Å². The molecule has 0 bridgehead atoms. The van der Waals surface area contributed by atoms with Crippen molar-refractivity contribution in [2.24, 2.45) is 5.92 Å². The fourth-order valence-corrected chi connectivity index (χ4v) is 2.91. The summed E-state index contributed by atoms with van der Waals surface area (Å²) in [5.74, 6) is -0.219. The van der Waals surface area contributed by atoms with Crippen LogP contribution in [0.1, 0.15) is 35.8 Å². The first-order valence-corrected chi connectivity index (χ1v) is 8.51. The smallest absolute Gasteiger partial charge is 0.275 e. The summed E-state index contributed by atoms with van der Waals surface area (Å²) < 4.78 is 1.49. The number of halogens is 1. The fraction of sp³-hybridized carbons (Fsp3) is 0.444. The van der Waals surface area contributed by atoms with Crippen molar-refractivity contribution in [2.45, 2.75) is 25.9 Å². The van der Waals surface area contributed by atoms with Gasteiger partial charge in [-0.15, -0.1) is 12.4 Å². The first-order valence-electron chi connectivity index (χ1n) is 8.51. The zero-order valence-corrected chi connectivity index (χ0v) is 15.7. The first-order chi connectivity index (χ1) is 12.0. The van der Waals surface area contributed by atoms with Crippen LogP contribution in [0.25, 0.3) is 5.69 Å². The molecule has 2 aromatic rings. The Labute approximate surface area is 158 Å². The molecule has 8 heteroatoms. The number of benzene rings is 1. The van der Waals surface area contributed by atoms with E-state index in [1.807, 2.05) is 24.3 Å². The van der Waals surface area contributed by atoms with Gasteiger partial charge in [0.1, 0.15) is 0 Å². The zero-order chi connectivity index (χ0) is 18.0. The number of hydrogen-bond donors (Lipinski definition) is 4. The minimum atomic E-state index is -0.467. The van der Waals surface area contributed by atoms with E-state index >= 15 is 0 Å². The second kappa shape index (κ2) is 8.53. The van der Waals surface area contributed by atoms with Gasteiger partial charge < -0.3 is 20.8 Å². The lowest BCUT2D eigenvalue weighted by atomic mass is 10.0. The maximum absolute atomic E-state index is 12.3. The van der Waals surface area contributed by atoms with E-state index in [9.17, 15) is 15.0 Å². The Morgan fingerprint density at radius 1 is 1.35 bits per heavy atom. The van der Waals surface area contributed by atoms with E-state index in [0.717, 1.165) is 5.69 Å². The maximum atomic E-state index is 12.3. The Balaban J connectivity index is 0.00000243. The largest absolute Gasteiger partial charge is 0.504 e. The van der Waals surface area contributed by atoms with Crippen molar-refractivity contribution in [1.82, 2.24) is 20.4 Å². The average Bonchev–Trinajstić information content (AvgIpc) is 3.18. The first kappa shape index (κ1) is 20.2. The monoisotopic (exact) mass is 380 g/mol. The molecule has 1 aromatic carbocycles. The molecule has 1 aliphatic rings. The minimum absolute atomic E-state index is 0. The molecule has 3 rings (SSSR count). The van der Waals surface area contributed by atoms with Gasteiger partial charge in [0, 0.05) is 25.6 Å². The minimum Gasteiger partial charge on any atom is -0.504 e. The van der Waals surface area contributed by atoms with Gasteiger partial charge in [0.2, 0.25) is 0 Å². The molecule has 1 amide bonds. The lowest BCUT2D eigenvalue weighted by molar-refractivity contribution is 0.0919. The summed E-state index contributed by atoms with van der Waals surface area (Å²) in [6, 6.07) is 7.83. The molecule has 1 aromatic heterocycles. The van der Waals surface area contributed by atoms with Gasteiger partial charge in [0.05, 0.1) is 18.0 Å². The van der Waals surface area contributed by atoms with Crippen molar-refractivity contribution in [3.63, 3.8) is 0 Å². The molecule has 1 aliphatic heterocycles. The van der Waals surface area contributed by atoms with Crippen LogP contribution in [0.3, 0.4) is 0 Å². The summed E-state index contributed by atoms with van der Waals surface area (Å²) in [6.07, 6.45) is 0.955. The van der Waals surface area contributed by atoms with Crippen LogP contribution in [0.4, 0.5) is 0 Å². The summed E-state index contributed by atoms with van der Waals surface area (Å²) in [6.45, 7) is 5.77. The molecule has 0 spiro atoms. The SMILES string of the molecule is CC(C)c1ccc(-n2cc(O)c(C(=O)NCC3CNCC3O)n2)cc1.Cl. The molecule has 26 heavy (non-hydrogen) atoms.